The summed E-state index contributed by atoms with van der Waals surface area (Å²) in [4.78, 5) is 30.6. The van der Waals surface area contributed by atoms with Crippen LogP contribution in [-0.2, 0) is 17.8 Å². The molecule has 6 nitrogen and oxygen atoms in total. The number of carbonyl (C=O) groups is 1. The molecule has 2 N–H and O–H groups in total. The molecule has 1 aromatic carbocycles. The number of aryl methyl sites for hydroxylation is 2. The van der Waals surface area contributed by atoms with E-state index in [1.165, 1.54) is 18.2 Å². The highest BCUT2D eigenvalue weighted by atomic mass is 19.4. The van der Waals surface area contributed by atoms with Gasteiger partial charge in [0.25, 0.3) is 5.56 Å². The maximum absolute atomic E-state index is 12.4. The lowest BCUT2D eigenvalue weighted by molar-refractivity contribution is -0.274. The molecule has 0 bridgehead atoms. The second-order valence-electron chi connectivity index (χ2n) is 5.65. The van der Waals surface area contributed by atoms with Crippen molar-refractivity contribution < 1.29 is 22.7 Å². The maximum Gasteiger partial charge on any atom is 0.573 e. The molecule has 140 valence electrons. The Labute approximate surface area is 147 Å². The average molecular weight is 369 g/mol. The van der Waals surface area contributed by atoms with Gasteiger partial charge in [-0.15, -0.1) is 13.2 Å². The Bertz CT molecular complexity index is 847. The van der Waals surface area contributed by atoms with Crippen LogP contribution >= 0.6 is 0 Å². The van der Waals surface area contributed by atoms with Crippen LogP contribution in [0.25, 0.3) is 0 Å². The monoisotopic (exact) mass is 369 g/mol. The van der Waals surface area contributed by atoms with Crippen LogP contribution in [0.2, 0.25) is 0 Å². The number of aromatic nitrogens is 2. The first kappa shape index (κ1) is 19.5. The Balaban J connectivity index is 1.95. The summed E-state index contributed by atoms with van der Waals surface area (Å²) in [7, 11) is 0. The molecule has 0 saturated carbocycles. The summed E-state index contributed by atoms with van der Waals surface area (Å²) in [6.45, 7) is 3.22. The Morgan fingerprint density at radius 3 is 2.62 bits per heavy atom. The molecular formula is C17H18F3N3O3. The molecule has 26 heavy (non-hydrogen) atoms. The van der Waals surface area contributed by atoms with Crippen LogP contribution in [-0.4, -0.2) is 22.2 Å². The number of nitrogens with zero attached hydrogens (tertiary/aromatic N) is 1. The summed E-state index contributed by atoms with van der Waals surface area (Å²) >= 11 is 0. The van der Waals surface area contributed by atoms with Crippen LogP contribution < -0.4 is 15.6 Å². The van der Waals surface area contributed by atoms with Gasteiger partial charge in [0.15, 0.2) is 0 Å². The third kappa shape index (κ3) is 5.61. The summed E-state index contributed by atoms with van der Waals surface area (Å²) in [5, 5.41) is 2.53. The quantitative estimate of drug-likeness (QED) is 0.820. The number of aromatic amines is 1. The number of rotatable bonds is 6. The van der Waals surface area contributed by atoms with Gasteiger partial charge in [0, 0.05) is 29.8 Å². The van der Waals surface area contributed by atoms with E-state index in [1.807, 2.05) is 0 Å². The Morgan fingerprint density at radius 2 is 1.96 bits per heavy atom. The lowest BCUT2D eigenvalue weighted by atomic mass is 10.1. The number of alkyl halides is 3. The minimum Gasteiger partial charge on any atom is -0.405 e. The van der Waals surface area contributed by atoms with Crippen molar-refractivity contribution in [3.05, 3.63) is 57.3 Å². The molecule has 0 spiro atoms. The topological polar surface area (TPSA) is 84.1 Å². The van der Waals surface area contributed by atoms with E-state index >= 15 is 0 Å². The number of halogens is 3. The predicted molar refractivity (Wildman–Crippen MR) is 87.6 cm³/mol. The van der Waals surface area contributed by atoms with Crippen molar-refractivity contribution in [2.24, 2.45) is 0 Å². The fourth-order valence-corrected chi connectivity index (χ4v) is 2.44. The number of amides is 1. The van der Waals surface area contributed by atoms with E-state index in [0.717, 1.165) is 0 Å². The van der Waals surface area contributed by atoms with Crippen LogP contribution in [0.1, 0.15) is 29.1 Å². The highest BCUT2D eigenvalue weighted by molar-refractivity contribution is 5.76. The van der Waals surface area contributed by atoms with Gasteiger partial charge in [0.1, 0.15) is 11.6 Å². The van der Waals surface area contributed by atoms with E-state index in [1.54, 1.807) is 19.9 Å². The number of ether oxygens (including phenoxy) is 1. The van der Waals surface area contributed by atoms with Crippen molar-refractivity contribution in [1.82, 2.24) is 15.3 Å². The smallest absolute Gasteiger partial charge is 0.405 e. The van der Waals surface area contributed by atoms with Gasteiger partial charge in [0.05, 0.1) is 0 Å². The van der Waals surface area contributed by atoms with Gasteiger partial charge >= 0.3 is 6.36 Å². The first-order valence-corrected chi connectivity index (χ1v) is 7.82. The van der Waals surface area contributed by atoms with Crippen LogP contribution in [0.15, 0.2) is 29.1 Å². The molecule has 0 unspecified atom stereocenters. The highest BCUT2D eigenvalue weighted by Crippen LogP contribution is 2.26. The van der Waals surface area contributed by atoms with Crippen molar-refractivity contribution in [2.45, 2.75) is 39.6 Å². The van der Waals surface area contributed by atoms with E-state index in [9.17, 15) is 22.8 Å². The lowest BCUT2D eigenvalue weighted by Gasteiger charge is -2.13. The summed E-state index contributed by atoms with van der Waals surface area (Å²) < 4.78 is 41.1. The second-order valence-corrected chi connectivity index (χ2v) is 5.65. The lowest BCUT2D eigenvalue weighted by Crippen LogP contribution is -2.26. The highest BCUT2D eigenvalue weighted by Gasteiger charge is 2.31. The number of hydrogen-bond acceptors (Lipinski definition) is 4. The van der Waals surface area contributed by atoms with E-state index in [0.29, 0.717) is 17.1 Å². The van der Waals surface area contributed by atoms with Gasteiger partial charge in [-0.25, -0.2) is 4.98 Å². The normalized spacial score (nSPS) is 11.3. The zero-order valence-electron chi connectivity index (χ0n) is 14.2. The summed E-state index contributed by atoms with van der Waals surface area (Å²) in [5.74, 6) is -0.275. The first-order chi connectivity index (χ1) is 12.2. The fourth-order valence-electron chi connectivity index (χ4n) is 2.44. The summed E-state index contributed by atoms with van der Waals surface area (Å²) in [6.07, 6.45) is -4.62. The molecular weight excluding hydrogens is 351 g/mol. The first-order valence-electron chi connectivity index (χ1n) is 7.82. The standard InChI is InChI=1S/C17H18F3N3O3/c1-10-13(16(25)23-11(2)22-10)7-8-15(24)21-9-12-5-3-4-6-14(12)26-17(18,19)20/h3-6H,7-9H2,1-2H3,(H,21,24)(H,22,23,25). The molecule has 1 heterocycles. The maximum atomic E-state index is 12.4. The molecule has 0 aliphatic rings. The van der Waals surface area contributed by atoms with Crippen molar-refractivity contribution in [3.63, 3.8) is 0 Å². The number of carbonyl (C=O) groups excluding carboxylic acids is 1. The number of H-pyrrole nitrogens is 1. The molecule has 2 rings (SSSR count). The van der Waals surface area contributed by atoms with Gasteiger partial charge in [-0.05, 0) is 26.3 Å². The van der Waals surface area contributed by atoms with Crippen molar-refractivity contribution in [2.75, 3.05) is 0 Å². The molecule has 9 heteroatoms. The summed E-state index contributed by atoms with van der Waals surface area (Å²) in [5.41, 5.74) is 0.852. The molecule has 1 aromatic heterocycles. The van der Waals surface area contributed by atoms with Crippen molar-refractivity contribution in [1.29, 1.82) is 0 Å². The van der Waals surface area contributed by atoms with Crippen LogP contribution in [0.5, 0.6) is 5.75 Å². The molecule has 2 aromatic rings. The minimum atomic E-state index is -4.81. The minimum absolute atomic E-state index is 0.0109. The van der Waals surface area contributed by atoms with E-state index < -0.39 is 12.3 Å². The number of nitrogens with one attached hydrogen (secondary N) is 2. The Kier molecular flexibility index (Phi) is 6.01. The number of benzene rings is 1. The number of hydrogen-bond donors (Lipinski definition) is 2. The van der Waals surface area contributed by atoms with Gasteiger partial charge in [0.2, 0.25) is 5.91 Å². The van der Waals surface area contributed by atoms with Gasteiger partial charge in [-0.1, -0.05) is 18.2 Å². The molecule has 0 saturated heterocycles. The third-order valence-corrected chi connectivity index (χ3v) is 3.62. The van der Waals surface area contributed by atoms with Crippen LogP contribution in [0.3, 0.4) is 0 Å². The second kappa shape index (κ2) is 8.03. The molecule has 1 amide bonds. The zero-order chi connectivity index (χ0) is 19.3. The molecule has 0 aliphatic heterocycles. The third-order valence-electron chi connectivity index (χ3n) is 3.62. The SMILES string of the molecule is Cc1nc(C)c(CCC(=O)NCc2ccccc2OC(F)(F)F)c(=O)[nH]1. The molecule has 0 radical (unpaired) electrons. The van der Waals surface area contributed by atoms with Gasteiger partial charge in [-0.2, -0.15) is 0 Å². The van der Waals surface area contributed by atoms with Crippen molar-refractivity contribution >= 4 is 5.91 Å². The molecule has 0 aliphatic carbocycles. The van der Waals surface area contributed by atoms with E-state index in [4.69, 9.17) is 0 Å². The van der Waals surface area contributed by atoms with Gasteiger partial charge in [-0.3, -0.25) is 9.59 Å². The fraction of sp³-hybridized carbons (Fsp3) is 0.353. The van der Waals surface area contributed by atoms with E-state index in [-0.39, 0.29) is 36.3 Å². The zero-order valence-corrected chi connectivity index (χ0v) is 14.2. The van der Waals surface area contributed by atoms with E-state index in [2.05, 4.69) is 20.0 Å². The molecule has 0 atom stereocenters. The largest absolute Gasteiger partial charge is 0.573 e. The van der Waals surface area contributed by atoms with Crippen molar-refractivity contribution in [3.8, 4) is 5.75 Å². The van der Waals surface area contributed by atoms with Crippen LogP contribution in [0.4, 0.5) is 13.2 Å². The average Bonchev–Trinajstić information content (AvgIpc) is 2.51. The molecule has 0 fully saturated rings. The Hall–Kier alpha value is -2.84. The Morgan fingerprint density at radius 1 is 1.27 bits per heavy atom. The van der Waals surface area contributed by atoms with Crippen LogP contribution in [0, 0.1) is 13.8 Å². The van der Waals surface area contributed by atoms with Gasteiger partial charge < -0.3 is 15.0 Å². The predicted octanol–water partition coefficient (Wildman–Crippen LogP) is 2.53. The summed E-state index contributed by atoms with van der Waals surface area (Å²) in [6, 6.07) is 5.56. The number of para-hydroxylation sites is 1.